The van der Waals surface area contributed by atoms with E-state index >= 15 is 0 Å². The summed E-state index contributed by atoms with van der Waals surface area (Å²) < 4.78 is 0. The van der Waals surface area contributed by atoms with Crippen LogP contribution >= 0.6 is 12.4 Å². The van der Waals surface area contributed by atoms with Crippen molar-refractivity contribution in [3.63, 3.8) is 0 Å². The highest BCUT2D eigenvalue weighted by atomic mass is 35.5. The first-order chi connectivity index (χ1) is 14.6. The molecule has 156 valence electrons. The zero-order valence-electron chi connectivity index (χ0n) is 17.6. The smallest absolute Gasteiger partial charge is 0.193 e. The molecule has 0 aliphatic rings. The molecule has 4 rings (SSSR count). The van der Waals surface area contributed by atoms with Crippen molar-refractivity contribution >= 4 is 29.0 Å². The van der Waals surface area contributed by atoms with Crippen LogP contribution in [0, 0.1) is 0 Å². The van der Waals surface area contributed by atoms with Crippen LogP contribution in [0.15, 0.2) is 104 Å². The van der Waals surface area contributed by atoms with Crippen LogP contribution in [0.5, 0.6) is 0 Å². The van der Waals surface area contributed by atoms with Gasteiger partial charge >= 0.3 is 0 Å². The summed E-state index contributed by atoms with van der Waals surface area (Å²) in [5.41, 5.74) is 4.95. The van der Waals surface area contributed by atoms with Crippen molar-refractivity contribution in [2.45, 2.75) is 6.54 Å². The van der Waals surface area contributed by atoms with E-state index in [1.54, 1.807) is 0 Å². The lowest BCUT2D eigenvalue weighted by molar-refractivity contribution is 0.103. The molecule has 31 heavy (non-hydrogen) atoms. The highest BCUT2D eigenvalue weighted by molar-refractivity contribution is 6.10. The Balaban J connectivity index is 0.00000272. The minimum Gasteiger partial charge on any atom is -0.298 e. The second kappa shape index (κ2) is 10.2. The number of nitrogens with zero attached hydrogens (tertiary/aromatic N) is 1. The molecule has 2 nitrogen and oxygen atoms in total. The van der Waals surface area contributed by atoms with Gasteiger partial charge in [-0.05, 0) is 40.6 Å². The van der Waals surface area contributed by atoms with Crippen LogP contribution in [0.2, 0.25) is 0 Å². The largest absolute Gasteiger partial charge is 0.298 e. The van der Waals surface area contributed by atoms with E-state index < -0.39 is 0 Å². The van der Waals surface area contributed by atoms with E-state index in [4.69, 9.17) is 0 Å². The maximum Gasteiger partial charge on any atom is 0.193 e. The summed E-state index contributed by atoms with van der Waals surface area (Å²) in [6.45, 7) is 5.55. The van der Waals surface area contributed by atoms with Gasteiger partial charge in [0.1, 0.15) is 0 Å². The molecule has 4 aromatic carbocycles. The summed E-state index contributed by atoms with van der Waals surface area (Å²) in [5, 5.41) is 2.22. The molecule has 0 saturated carbocycles. The Hall–Kier alpha value is -3.20. The second-order valence-corrected chi connectivity index (χ2v) is 7.65. The summed E-state index contributed by atoms with van der Waals surface area (Å²) in [5.74, 6) is 0.0490. The molecule has 0 atom stereocenters. The lowest BCUT2D eigenvalue weighted by atomic mass is 9.97. The zero-order valence-corrected chi connectivity index (χ0v) is 18.4. The topological polar surface area (TPSA) is 20.3 Å². The maximum absolute atomic E-state index is 12.9. The van der Waals surface area contributed by atoms with E-state index in [0.717, 1.165) is 40.6 Å². The van der Waals surface area contributed by atoms with Crippen molar-refractivity contribution in [2.24, 2.45) is 0 Å². The third-order valence-corrected chi connectivity index (χ3v) is 5.34. The summed E-state index contributed by atoms with van der Waals surface area (Å²) in [7, 11) is 2.08. The van der Waals surface area contributed by atoms with E-state index in [9.17, 15) is 4.79 Å². The number of hydrogen-bond donors (Lipinski definition) is 0. The average molecular weight is 428 g/mol. The lowest BCUT2D eigenvalue weighted by Gasteiger charge is -2.14. The van der Waals surface area contributed by atoms with Crippen LogP contribution in [-0.2, 0) is 6.54 Å². The summed E-state index contributed by atoms with van der Waals surface area (Å²) in [6, 6.07) is 30.4. The normalized spacial score (nSPS) is 10.6. The molecule has 0 fully saturated rings. The first kappa shape index (κ1) is 22.5. The Morgan fingerprint density at radius 2 is 1.39 bits per heavy atom. The van der Waals surface area contributed by atoms with Gasteiger partial charge in [0.05, 0.1) is 0 Å². The third kappa shape index (κ3) is 5.29. The predicted molar refractivity (Wildman–Crippen MR) is 133 cm³/mol. The number of carbonyl (C=O) groups excluding carboxylic acids is 1. The minimum atomic E-state index is 0. The number of fused-ring (bicyclic) bond motifs is 1. The van der Waals surface area contributed by atoms with E-state index in [0.29, 0.717) is 5.56 Å². The average Bonchev–Trinajstić information content (AvgIpc) is 2.79. The number of likely N-dealkylation sites (N-methyl/N-ethyl adjacent to an activating group) is 1. The Morgan fingerprint density at radius 3 is 2.03 bits per heavy atom. The molecule has 4 aromatic rings. The Kier molecular flexibility index (Phi) is 7.41. The van der Waals surface area contributed by atoms with Gasteiger partial charge in [-0.15, -0.1) is 19.0 Å². The van der Waals surface area contributed by atoms with Crippen LogP contribution in [0.4, 0.5) is 0 Å². The molecule has 0 bridgehead atoms. The fraction of sp³-hybridized carbons (Fsp3) is 0.107. The number of halogens is 1. The summed E-state index contributed by atoms with van der Waals surface area (Å²) in [4.78, 5) is 15.1. The molecule has 0 heterocycles. The number of hydrogen-bond acceptors (Lipinski definition) is 2. The van der Waals surface area contributed by atoms with Crippen LogP contribution in [0.3, 0.4) is 0 Å². The van der Waals surface area contributed by atoms with Crippen molar-refractivity contribution in [2.75, 3.05) is 13.6 Å². The van der Waals surface area contributed by atoms with Gasteiger partial charge in [-0.1, -0.05) is 91.0 Å². The standard InChI is InChI=1S/C28H25NO.ClH/c1-3-18-29(2)20-21-8-10-23(11-9-21)24-12-15-25(16-13-24)28(30)27-17-14-22-6-4-5-7-26(22)19-27;/h3-17,19H,1,18,20H2,2H3;1H. The number of carbonyl (C=O) groups is 1. The molecule has 0 spiro atoms. The van der Waals surface area contributed by atoms with E-state index in [1.807, 2.05) is 66.7 Å². The van der Waals surface area contributed by atoms with Gasteiger partial charge in [0.25, 0.3) is 0 Å². The molecule has 0 N–H and O–H groups in total. The van der Waals surface area contributed by atoms with E-state index in [-0.39, 0.29) is 18.2 Å². The molecule has 0 saturated heterocycles. The van der Waals surface area contributed by atoms with Crippen LogP contribution < -0.4 is 0 Å². The van der Waals surface area contributed by atoms with Crippen molar-refractivity contribution in [3.8, 4) is 11.1 Å². The van der Waals surface area contributed by atoms with Gasteiger partial charge in [0.2, 0.25) is 0 Å². The molecular formula is C28H26ClNO. The summed E-state index contributed by atoms with van der Waals surface area (Å²) in [6.07, 6.45) is 1.91. The van der Waals surface area contributed by atoms with Gasteiger partial charge in [0, 0.05) is 24.2 Å². The Morgan fingerprint density at radius 1 is 0.806 bits per heavy atom. The van der Waals surface area contributed by atoms with Gasteiger partial charge in [-0.25, -0.2) is 0 Å². The second-order valence-electron chi connectivity index (χ2n) is 7.65. The van der Waals surface area contributed by atoms with Gasteiger partial charge < -0.3 is 0 Å². The van der Waals surface area contributed by atoms with Crippen LogP contribution in [0.25, 0.3) is 21.9 Å². The Labute approximate surface area is 190 Å². The van der Waals surface area contributed by atoms with Crippen molar-refractivity contribution < 1.29 is 4.79 Å². The highest BCUT2D eigenvalue weighted by Crippen LogP contribution is 2.23. The molecule has 0 radical (unpaired) electrons. The number of rotatable bonds is 7. The molecule has 0 unspecified atom stereocenters. The fourth-order valence-corrected chi connectivity index (χ4v) is 3.71. The van der Waals surface area contributed by atoms with Crippen molar-refractivity contribution in [1.29, 1.82) is 0 Å². The van der Waals surface area contributed by atoms with Crippen LogP contribution in [-0.4, -0.2) is 24.3 Å². The van der Waals surface area contributed by atoms with Crippen molar-refractivity contribution in [1.82, 2.24) is 4.90 Å². The highest BCUT2D eigenvalue weighted by Gasteiger charge is 2.10. The van der Waals surface area contributed by atoms with E-state index in [1.165, 1.54) is 5.56 Å². The number of ketones is 1. The molecule has 3 heteroatoms. The molecular weight excluding hydrogens is 402 g/mol. The third-order valence-electron chi connectivity index (χ3n) is 5.34. The molecule has 0 aliphatic heterocycles. The van der Waals surface area contributed by atoms with Crippen molar-refractivity contribution in [3.05, 3.63) is 120 Å². The lowest BCUT2D eigenvalue weighted by Crippen LogP contribution is -2.17. The maximum atomic E-state index is 12.9. The first-order valence-corrected chi connectivity index (χ1v) is 10.2. The summed E-state index contributed by atoms with van der Waals surface area (Å²) >= 11 is 0. The molecule has 0 aromatic heterocycles. The predicted octanol–water partition coefficient (Wildman–Crippen LogP) is 6.78. The fourth-order valence-electron chi connectivity index (χ4n) is 3.71. The monoisotopic (exact) mass is 427 g/mol. The molecule has 0 aliphatic carbocycles. The number of benzene rings is 4. The minimum absolute atomic E-state index is 0. The first-order valence-electron chi connectivity index (χ1n) is 10.2. The van der Waals surface area contributed by atoms with Gasteiger partial charge in [-0.3, -0.25) is 9.69 Å². The van der Waals surface area contributed by atoms with Gasteiger partial charge in [-0.2, -0.15) is 0 Å². The Bertz CT molecular complexity index is 1180. The molecule has 0 amide bonds. The van der Waals surface area contributed by atoms with E-state index in [2.05, 4.69) is 48.9 Å². The van der Waals surface area contributed by atoms with Crippen LogP contribution in [0.1, 0.15) is 21.5 Å². The SMILES string of the molecule is C=CCN(C)Cc1ccc(-c2ccc(C(=O)c3ccc4ccccc4c3)cc2)cc1.Cl. The quantitative estimate of drug-likeness (QED) is 0.239. The van der Waals surface area contributed by atoms with Gasteiger partial charge in [0.15, 0.2) is 5.78 Å². The zero-order chi connectivity index (χ0) is 20.9.